The van der Waals surface area contributed by atoms with Crippen molar-refractivity contribution in [3.63, 3.8) is 0 Å². The number of carbonyl (C=O) groups excluding carboxylic acids is 3. The Kier molecular flexibility index (Phi) is 4.06. The van der Waals surface area contributed by atoms with E-state index in [0.717, 1.165) is 4.90 Å². The first-order valence-corrected chi connectivity index (χ1v) is 6.52. The van der Waals surface area contributed by atoms with Crippen LogP contribution in [0, 0.1) is 0 Å². The van der Waals surface area contributed by atoms with Crippen LogP contribution < -0.4 is 10.6 Å². The van der Waals surface area contributed by atoms with E-state index >= 15 is 0 Å². The van der Waals surface area contributed by atoms with Gasteiger partial charge in [0.15, 0.2) is 6.61 Å². The molecule has 100 valence electrons. The van der Waals surface area contributed by atoms with Crippen molar-refractivity contribution in [3.8, 4) is 0 Å². The van der Waals surface area contributed by atoms with Crippen LogP contribution in [0.4, 0.5) is 5.69 Å². The number of hydrogen-bond acceptors (Lipinski definition) is 5. The van der Waals surface area contributed by atoms with Crippen molar-refractivity contribution in [2.24, 2.45) is 5.73 Å². The predicted octanol–water partition coefficient (Wildman–Crippen LogP) is 0.154. The Balaban J connectivity index is 2.09. The van der Waals surface area contributed by atoms with E-state index in [4.69, 9.17) is 5.73 Å². The minimum Gasteiger partial charge on any atom is -0.454 e. The molecule has 0 radical (unpaired) electrons. The number of ether oxygens (including phenoxy) is 1. The quantitative estimate of drug-likeness (QED) is 0.793. The average molecular weight is 280 g/mol. The molecule has 0 aliphatic carbocycles. The smallest absolute Gasteiger partial charge is 0.326 e. The Bertz CT molecular complexity index is 532. The highest BCUT2D eigenvalue weighted by Crippen LogP contribution is 2.34. The third-order valence-corrected chi connectivity index (χ3v) is 3.52. The first-order valence-electron chi connectivity index (χ1n) is 5.54. The number of fused-ring (bicyclic) bond motifs is 1. The summed E-state index contributed by atoms with van der Waals surface area (Å²) in [5, 5.41) is 0. The second-order valence-corrected chi connectivity index (χ2v) is 4.88. The Morgan fingerprint density at radius 1 is 1.37 bits per heavy atom. The number of esters is 1. The highest BCUT2D eigenvalue weighted by molar-refractivity contribution is 8.00. The standard InChI is InChI=1S/C12H12N2O4S/c13-10(15)6-18-12(17)5-14-8-3-1-2-4-9(8)19-7-11(14)16/h1-4H,5-7H2,(H2,13,15). The van der Waals surface area contributed by atoms with Gasteiger partial charge in [0, 0.05) is 4.90 Å². The summed E-state index contributed by atoms with van der Waals surface area (Å²) in [6, 6.07) is 7.31. The minimum atomic E-state index is -0.728. The molecule has 0 saturated carbocycles. The molecule has 0 fully saturated rings. The van der Waals surface area contributed by atoms with Gasteiger partial charge in [-0.1, -0.05) is 12.1 Å². The van der Waals surface area contributed by atoms with Gasteiger partial charge in [0.25, 0.3) is 5.91 Å². The van der Waals surface area contributed by atoms with Crippen molar-refractivity contribution in [2.75, 3.05) is 23.8 Å². The number of para-hydroxylation sites is 1. The van der Waals surface area contributed by atoms with Crippen molar-refractivity contribution < 1.29 is 19.1 Å². The van der Waals surface area contributed by atoms with Gasteiger partial charge in [0.05, 0.1) is 11.4 Å². The molecule has 0 saturated heterocycles. The average Bonchev–Trinajstić information content (AvgIpc) is 2.40. The summed E-state index contributed by atoms with van der Waals surface area (Å²) >= 11 is 1.43. The predicted molar refractivity (Wildman–Crippen MR) is 69.7 cm³/mol. The maximum Gasteiger partial charge on any atom is 0.326 e. The minimum absolute atomic E-state index is 0.167. The second kappa shape index (κ2) is 5.75. The normalized spacial score (nSPS) is 13.9. The number of benzene rings is 1. The van der Waals surface area contributed by atoms with Crippen LogP contribution >= 0.6 is 11.8 Å². The third-order valence-electron chi connectivity index (χ3n) is 2.47. The number of amides is 2. The summed E-state index contributed by atoms with van der Waals surface area (Å²) in [6.45, 7) is -0.694. The van der Waals surface area contributed by atoms with E-state index in [9.17, 15) is 14.4 Å². The Labute approximate surface area is 113 Å². The van der Waals surface area contributed by atoms with Gasteiger partial charge >= 0.3 is 5.97 Å². The molecule has 1 aliphatic heterocycles. The van der Waals surface area contributed by atoms with E-state index in [0.29, 0.717) is 5.69 Å². The fourth-order valence-electron chi connectivity index (χ4n) is 1.65. The van der Waals surface area contributed by atoms with Crippen LogP contribution in [0.15, 0.2) is 29.2 Å². The summed E-state index contributed by atoms with van der Waals surface area (Å²) in [7, 11) is 0. The van der Waals surface area contributed by atoms with Crippen LogP contribution in [0.1, 0.15) is 0 Å². The van der Waals surface area contributed by atoms with Crippen LogP contribution in [0.3, 0.4) is 0 Å². The van der Waals surface area contributed by atoms with E-state index in [1.54, 1.807) is 12.1 Å². The van der Waals surface area contributed by atoms with Crippen LogP contribution in [0.2, 0.25) is 0 Å². The first kappa shape index (κ1) is 13.4. The summed E-state index contributed by atoms with van der Waals surface area (Å²) in [5.41, 5.74) is 5.56. The zero-order valence-corrected chi connectivity index (χ0v) is 10.8. The maximum atomic E-state index is 11.8. The lowest BCUT2D eigenvalue weighted by molar-refractivity contribution is -0.146. The van der Waals surface area contributed by atoms with Gasteiger partial charge in [-0.2, -0.15) is 0 Å². The Morgan fingerprint density at radius 2 is 2.11 bits per heavy atom. The molecule has 0 aromatic heterocycles. The summed E-state index contributed by atoms with van der Waals surface area (Å²) in [5.74, 6) is -1.28. The number of carbonyl (C=O) groups is 3. The van der Waals surface area contributed by atoms with Crippen LogP contribution in [0.25, 0.3) is 0 Å². The molecule has 1 heterocycles. The fraction of sp³-hybridized carbons (Fsp3) is 0.250. The highest BCUT2D eigenvalue weighted by Gasteiger charge is 2.26. The molecule has 2 rings (SSSR count). The van der Waals surface area contributed by atoms with E-state index < -0.39 is 18.5 Å². The molecule has 7 heteroatoms. The SMILES string of the molecule is NC(=O)COC(=O)CN1C(=O)CSc2ccccc21. The molecule has 19 heavy (non-hydrogen) atoms. The maximum absolute atomic E-state index is 11.8. The number of rotatable bonds is 4. The van der Waals surface area contributed by atoms with Gasteiger partial charge in [0.1, 0.15) is 6.54 Å². The Hall–Kier alpha value is -2.02. The van der Waals surface area contributed by atoms with E-state index in [1.165, 1.54) is 16.7 Å². The number of hydrogen-bond donors (Lipinski definition) is 1. The van der Waals surface area contributed by atoms with E-state index in [-0.39, 0.29) is 18.2 Å². The zero-order valence-electron chi connectivity index (χ0n) is 10.00. The van der Waals surface area contributed by atoms with Crippen molar-refractivity contribution in [3.05, 3.63) is 24.3 Å². The van der Waals surface area contributed by atoms with Crippen molar-refractivity contribution in [2.45, 2.75) is 4.90 Å². The van der Waals surface area contributed by atoms with E-state index in [1.807, 2.05) is 12.1 Å². The lowest BCUT2D eigenvalue weighted by Crippen LogP contribution is -2.40. The summed E-state index contributed by atoms with van der Waals surface area (Å²) < 4.78 is 4.66. The second-order valence-electron chi connectivity index (χ2n) is 3.86. The van der Waals surface area contributed by atoms with Crippen LogP contribution in [-0.4, -0.2) is 36.7 Å². The van der Waals surface area contributed by atoms with Crippen LogP contribution in [0.5, 0.6) is 0 Å². The largest absolute Gasteiger partial charge is 0.454 e. The number of nitrogens with two attached hydrogens (primary N) is 1. The topological polar surface area (TPSA) is 89.7 Å². The van der Waals surface area contributed by atoms with Gasteiger partial charge in [-0.3, -0.25) is 19.3 Å². The first-order chi connectivity index (χ1) is 9.08. The lowest BCUT2D eigenvalue weighted by atomic mass is 10.2. The van der Waals surface area contributed by atoms with Gasteiger partial charge < -0.3 is 10.5 Å². The fourth-order valence-corrected chi connectivity index (χ4v) is 2.59. The molecule has 2 N–H and O–H groups in total. The monoisotopic (exact) mass is 280 g/mol. The number of nitrogens with zero attached hydrogens (tertiary/aromatic N) is 1. The van der Waals surface area contributed by atoms with Crippen LogP contribution in [-0.2, 0) is 19.1 Å². The molecule has 0 atom stereocenters. The van der Waals surface area contributed by atoms with Crippen molar-refractivity contribution >= 4 is 35.2 Å². The molecular formula is C12H12N2O4S. The summed E-state index contributed by atoms with van der Waals surface area (Å²) in [6.07, 6.45) is 0. The highest BCUT2D eigenvalue weighted by atomic mass is 32.2. The molecule has 1 aromatic carbocycles. The molecule has 0 spiro atoms. The van der Waals surface area contributed by atoms with Crippen molar-refractivity contribution in [1.82, 2.24) is 0 Å². The molecule has 1 aliphatic rings. The molecular weight excluding hydrogens is 268 g/mol. The number of thioether (sulfide) groups is 1. The molecule has 6 nitrogen and oxygen atoms in total. The molecule has 1 aromatic rings. The Morgan fingerprint density at radius 3 is 2.84 bits per heavy atom. The third kappa shape index (κ3) is 3.25. The number of primary amides is 1. The molecule has 2 amide bonds. The molecule has 0 unspecified atom stereocenters. The lowest BCUT2D eigenvalue weighted by Gasteiger charge is -2.27. The zero-order chi connectivity index (χ0) is 13.8. The number of anilines is 1. The van der Waals surface area contributed by atoms with Gasteiger partial charge in [-0.25, -0.2) is 0 Å². The molecule has 0 bridgehead atoms. The van der Waals surface area contributed by atoms with Gasteiger partial charge in [-0.15, -0.1) is 11.8 Å². The van der Waals surface area contributed by atoms with Gasteiger partial charge in [0.2, 0.25) is 5.91 Å². The van der Waals surface area contributed by atoms with Gasteiger partial charge in [-0.05, 0) is 12.1 Å². The van der Waals surface area contributed by atoms with Crippen molar-refractivity contribution in [1.29, 1.82) is 0 Å². The van der Waals surface area contributed by atoms with E-state index in [2.05, 4.69) is 4.74 Å². The summed E-state index contributed by atoms with van der Waals surface area (Å²) in [4.78, 5) is 36.2.